The molecule has 0 aliphatic carbocycles. The number of aryl methyl sites for hydroxylation is 1. The van der Waals surface area contributed by atoms with Crippen LogP contribution in [0, 0.1) is 0 Å². The fraction of sp³-hybridized carbons (Fsp3) is 0.250. The average molecular weight is 296 g/mol. The Hall–Kier alpha value is -1.33. The van der Waals surface area contributed by atoms with E-state index >= 15 is 0 Å². The Bertz CT molecular complexity index is 498. The molecular weight excluding hydrogens is 282 g/mol. The van der Waals surface area contributed by atoms with Gasteiger partial charge in [-0.05, 0) is 17.7 Å². The van der Waals surface area contributed by atoms with Gasteiger partial charge in [-0.3, -0.25) is 4.68 Å². The van der Waals surface area contributed by atoms with Gasteiger partial charge >= 0.3 is 0 Å². The van der Waals surface area contributed by atoms with Gasteiger partial charge in [0.15, 0.2) is 0 Å². The molecule has 5 heteroatoms. The summed E-state index contributed by atoms with van der Waals surface area (Å²) in [7, 11) is 1.86. The molecule has 1 aromatic carbocycles. The Balaban J connectivity index is 1.95. The van der Waals surface area contributed by atoms with Crippen LogP contribution in [0.3, 0.4) is 0 Å². The molecular formula is C12H14BrN3O. The topological polar surface area (TPSA) is 50.1 Å². The second-order valence-corrected chi connectivity index (χ2v) is 4.74. The minimum absolute atomic E-state index is 0.438. The second-order valence-electron chi connectivity index (χ2n) is 3.83. The predicted octanol–water partition coefficient (Wildman–Crippen LogP) is 2.33. The van der Waals surface area contributed by atoms with E-state index in [4.69, 9.17) is 0 Å². The standard InChI is InChI=1S/C12H14BrN3O/c1-16-6-5-12(15-16)14-8-11(17)9-3-2-4-10(13)7-9/h2-7,11,17H,8H2,1H3,(H,14,15). The molecule has 1 unspecified atom stereocenters. The molecule has 1 heterocycles. The van der Waals surface area contributed by atoms with E-state index in [-0.39, 0.29) is 0 Å². The van der Waals surface area contributed by atoms with Crippen LogP contribution in [0.4, 0.5) is 5.82 Å². The third-order valence-electron chi connectivity index (χ3n) is 2.42. The summed E-state index contributed by atoms with van der Waals surface area (Å²) in [6, 6.07) is 9.51. The maximum atomic E-state index is 10.00. The van der Waals surface area contributed by atoms with E-state index in [1.54, 1.807) is 4.68 Å². The maximum absolute atomic E-state index is 10.00. The lowest BCUT2D eigenvalue weighted by Crippen LogP contribution is -2.12. The van der Waals surface area contributed by atoms with Crippen molar-refractivity contribution >= 4 is 21.7 Å². The highest BCUT2D eigenvalue weighted by Gasteiger charge is 2.08. The minimum atomic E-state index is -0.547. The molecule has 2 N–H and O–H groups in total. The van der Waals surface area contributed by atoms with Gasteiger partial charge in [0.2, 0.25) is 0 Å². The van der Waals surface area contributed by atoms with Crippen LogP contribution in [0.2, 0.25) is 0 Å². The van der Waals surface area contributed by atoms with Gasteiger partial charge in [0.05, 0.1) is 6.10 Å². The fourth-order valence-corrected chi connectivity index (χ4v) is 1.96. The van der Waals surface area contributed by atoms with Gasteiger partial charge in [0.25, 0.3) is 0 Å². The quantitative estimate of drug-likeness (QED) is 0.910. The van der Waals surface area contributed by atoms with E-state index in [0.717, 1.165) is 15.9 Å². The van der Waals surface area contributed by atoms with Crippen molar-refractivity contribution in [3.05, 3.63) is 46.6 Å². The molecule has 0 bridgehead atoms. The zero-order valence-electron chi connectivity index (χ0n) is 9.47. The zero-order chi connectivity index (χ0) is 12.3. The summed E-state index contributed by atoms with van der Waals surface area (Å²) in [5, 5.41) is 17.3. The van der Waals surface area contributed by atoms with Crippen LogP contribution in [0.15, 0.2) is 41.0 Å². The van der Waals surface area contributed by atoms with Crippen LogP contribution in [0.5, 0.6) is 0 Å². The number of halogens is 1. The Morgan fingerprint density at radius 3 is 2.94 bits per heavy atom. The molecule has 0 radical (unpaired) electrons. The zero-order valence-corrected chi connectivity index (χ0v) is 11.1. The number of aliphatic hydroxyl groups is 1. The molecule has 0 spiro atoms. The van der Waals surface area contributed by atoms with Crippen molar-refractivity contribution in [3.8, 4) is 0 Å². The average Bonchev–Trinajstić information content (AvgIpc) is 2.72. The third-order valence-corrected chi connectivity index (χ3v) is 2.92. The fourth-order valence-electron chi connectivity index (χ4n) is 1.54. The Morgan fingerprint density at radius 1 is 1.47 bits per heavy atom. The highest BCUT2D eigenvalue weighted by atomic mass is 79.9. The first-order valence-corrected chi connectivity index (χ1v) is 6.11. The lowest BCUT2D eigenvalue weighted by atomic mass is 10.1. The first kappa shape index (κ1) is 12.1. The van der Waals surface area contributed by atoms with E-state index in [0.29, 0.717) is 6.54 Å². The third kappa shape index (κ3) is 3.31. The molecule has 0 fully saturated rings. The summed E-state index contributed by atoms with van der Waals surface area (Å²) in [5.41, 5.74) is 0.878. The largest absolute Gasteiger partial charge is 0.387 e. The summed E-state index contributed by atoms with van der Waals surface area (Å²) < 4.78 is 2.68. The van der Waals surface area contributed by atoms with Crippen molar-refractivity contribution in [2.75, 3.05) is 11.9 Å². The minimum Gasteiger partial charge on any atom is -0.387 e. The summed E-state index contributed by atoms with van der Waals surface area (Å²) in [6.07, 6.45) is 1.31. The highest BCUT2D eigenvalue weighted by molar-refractivity contribution is 9.10. The number of nitrogens with one attached hydrogen (secondary N) is 1. The number of anilines is 1. The molecule has 17 heavy (non-hydrogen) atoms. The Kier molecular flexibility index (Phi) is 3.81. The van der Waals surface area contributed by atoms with Gasteiger partial charge in [-0.25, -0.2) is 0 Å². The smallest absolute Gasteiger partial charge is 0.148 e. The van der Waals surface area contributed by atoms with Crippen LogP contribution in [0.1, 0.15) is 11.7 Å². The van der Waals surface area contributed by atoms with Crippen LogP contribution in [0.25, 0.3) is 0 Å². The van der Waals surface area contributed by atoms with E-state index in [9.17, 15) is 5.11 Å². The summed E-state index contributed by atoms with van der Waals surface area (Å²) in [4.78, 5) is 0. The molecule has 90 valence electrons. The number of hydrogen-bond donors (Lipinski definition) is 2. The number of nitrogens with zero attached hydrogens (tertiary/aromatic N) is 2. The molecule has 0 saturated carbocycles. The summed E-state index contributed by atoms with van der Waals surface area (Å²) in [5.74, 6) is 0.765. The van der Waals surface area contributed by atoms with Crippen LogP contribution in [-0.4, -0.2) is 21.4 Å². The predicted molar refractivity (Wildman–Crippen MR) is 70.8 cm³/mol. The molecule has 0 aliphatic rings. The summed E-state index contributed by atoms with van der Waals surface area (Å²) in [6.45, 7) is 0.438. The lowest BCUT2D eigenvalue weighted by molar-refractivity contribution is 0.191. The van der Waals surface area contributed by atoms with Gasteiger partial charge < -0.3 is 10.4 Å². The van der Waals surface area contributed by atoms with Gasteiger partial charge in [0, 0.05) is 30.3 Å². The van der Waals surface area contributed by atoms with Gasteiger partial charge in [-0.2, -0.15) is 5.10 Å². The van der Waals surface area contributed by atoms with Crippen molar-refractivity contribution < 1.29 is 5.11 Å². The van der Waals surface area contributed by atoms with Crippen molar-refractivity contribution in [1.82, 2.24) is 9.78 Å². The van der Waals surface area contributed by atoms with Crippen molar-refractivity contribution in [2.45, 2.75) is 6.10 Å². The van der Waals surface area contributed by atoms with Crippen molar-refractivity contribution in [3.63, 3.8) is 0 Å². The van der Waals surface area contributed by atoms with E-state index in [1.807, 2.05) is 43.6 Å². The number of hydrogen-bond acceptors (Lipinski definition) is 3. The molecule has 1 aromatic heterocycles. The molecule has 0 saturated heterocycles. The lowest BCUT2D eigenvalue weighted by Gasteiger charge is -2.11. The SMILES string of the molecule is Cn1ccc(NCC(O)c2cccc(Br)c2)n1. The van der Waals surface area contributed by atoms with Crippen molar-refractivity contribution in [2.24, 2.45) is 7.05 Å². The normalized spacial score (nSPS) is 12.4. The maximum Gasteiger partial charge on any atom is 0.148 e. The number of rotatable bonds is 4. The second kappa shape index (κ2) is 5.33. The molecule has 2 rings (SSSR count). The molecule has 0 amide bonds. The first-order valence-electron chi connectivity index (χ1n) is 5.32. The van der Waals surface area contributed by atoms with Crippen LogP contribution < -0.4 is 5.32 Å². The highest BCUT2D eigenvalue weighted by Crippen LogP contribution is 2.18. The number of aliphatic hydroxyl groups excluding tert-OH is 1. The molecule has 4 nitrogen and oxygen atoms in total. The Morgan fingerprint density at radius 2 is 2.29 bits per heavy atom. The van der Waals surface area contributed by atoms with E-state index in [1.165, 1.54) is 0 Å². The van der Waals surface area contributed by atoms with E-state index in [2.05, 4.69) is 26.3 Å². The molecule has 0 aliphatic heterocycles. The number of aromatic nitrogens is 2. The van der Waals surface area contributed by atoms with E-state index < -0.39 is 6.10 Å². The van der Waals surface area contributed by atoms with Gasteiger partial charge in [0.1, 0.15) is 5.82 Å². The van der Waals surface area contributed by atoms with Gasteiger partial charge in [-0.15, -0.1) is 0 Å². The van der Waals surface area contributed by atoms with Crippen LogP contribution in [-0.2, 0) is 7.05 Å². The monoisotopic (exact) mass is 295 g/mol. The van der Waals surface area contributed by atoms with Crippen LogP contribution >= 0.6 is 15.9 Å². The van der Waals surface area contributed by atoms with Gasteiger partial charge in [-0.1, -0.05) is 28.1 Å². The molecule has 2 aromatic rings. The first-order chi connectivity index (χ1) is 8.15. The summed E-state index contributed by atoms with van der Waals surface area (Å²) >= 11 is 3.38. The number of benzene rings is 1. The Labute approximate surface area is 108 Å². The molecule has 1 atom stereocenters. The van der Waals surface area contributed by atoms with Crippen molar-refractivity contribution in [1.29, 1.82) is 0 Å².